The lowest BCUT2D eigenvalue weighted by Gasteiger charge is -2.18. The Hall–Kier alpha value is -2.82. The Morgan fingerprint density at radius 1 is 1.00 bits per heavy atom. The largest absolute Gasteiger partial charge is 0.491 e. The molecule has 0 atom stereocenters. The van der Waals surface area contributed by atoms with Crippen LogP contribution in [0.15, 0.2) is 48.5 Å². The first-order valence-corrected chi connectivity index (χ1v) is 8.25. The number of benzene rings is 2. The highest BCUT2D eigenvalue weighted by Crippen LogP contribution is 2.15. The molecule has 0 fully saturated rings. The predicted octanol–water partition coefficient (Wildman–Crippen LogP) is 2.57. The number of rotatable bonds is 7. The van der Waals surface area contributed by atoms with Gasteiger partial charge in [-0.05, 0) is 37.1 Å². The Bertz CT molecular complexity index is 743. The van der Waals surface area contributed by atoms with Gasteiger partial charge in [0.2, 0.25) is 5.91 Å². The van der Waals surface area contributed by atoms with Crippen molar-refractivity contribution in [1.29, 1.82) is 0 Å². The van der Waals surface area contributed by atoms with E-state index in [0.29, 0.717) is 18.7 Å². The lowest BCUT2D eigenvalue weighted by molar-refractivity contribution is -0.129. The summed E-state index contributed by atoms with van der Waals surface area (Å²) in [4.78, 5) is 25.8. The lowest BCUT2D eigenvalue weighted by Crippen LogP contribution is -2.39. The molecule has 0 aromatic heterocycles. The predicted molar refractivity (Wildman–Crippen MR) is 97.8 cm³/mol. The first kappa shape index (κ1) is 18.5. The summed E-state index contributed by atoms with van der Waals surface area (Å²) in [5.74, 6) is 0.419. The highest BCUT2D eigenvalue weighted by molar-refractivity contribution is 5.97. The summed E-state index contributed by atoms with van der Waals surface area (Å²) < 4.78 is 5.69. The second kappa shape index (κ2) is 8.87. The molecule has 1 N–H and O–H groups in total. The number of likely N-dealkylation sites (N-methyl/N-ethyl adjacent to an activating group) is 1. The molecule has 0 heterocycles. The summed E-state index contributed by atoms with van der Waals surface area (Å²) >= 11 is 0. The van der Waals surface area contributed by atoms with Gasteiger partial charge in [0.15, 0.2) is 0 Å². The van der Waals surface area contributed by atoms with E-state index in [2.05, 4.69) is 5.32 Å². The molecule has 5 nitrogen and oxygen atoms in total. The second-order valence-corrected chi connectivity index (χ2v) is 5.93. The van der Waals surface area contributed by atoms with Crippen molar-refractivity contribution >= 4 is 11.8 Å². The van der Waals surface area contributed by atoms with Crippen LogP contribution in [0.5, 0.6) is 5.75 Å². The third-order valence-electron chi connectivity index (χ3n) is 3.99. The van der Waals surface area contributed by atoms with E-state index in [1.54, 1.807) is 24.1 Å². The molecular weight excluding hydrogens is 316 g/mol. The van der Waals surface area contributed by atoms with Crippen molar-refractivity contribution in [3.05, 3.63) is 65.2 Å². The molecular formula is C20H24N2O3. The molecule has 25 heavy (non-hydrogen) atoms. The number of amides is 2. The molecule has 0 aliphatic rings. The standard InChI is InChI=1S/C20H24N2O3/c1-15-8-4-6-10-17(15)20(24)21-14-19(23)22(3)12-13-25-18-11-7-5-9-16(18)2/h4-11H,12-14H2,1-3H3,(H,21,24). The summed E-state index contributed by atoms with van der Waals surface area (Å²) in [5, 5.41) is 2.67. The van der Waals surface area contributed by atoms with E-state index in [-0.39, 0.29) is 18.4 Å². The maximum atomic E-state index is 12.1. The van der Waals surface area contributed by atoms with Gasteiger partial charge < -0.3 is 15.0 Å². The molecule has 0 aliphatic heterocycles. The molecule has 2 aromatic rings. The molecule has 0 saturated carbocycles. The van der Waals surface area contributed by atoms with Crippen LogP contribution in [0.25, 0.3) is 0 Å². The number of hydrogen-bond acceptors (Lipinski definition) is 3. The van der Waals surface area contributed by atoms with Crippen molar-refractivity contribution in [2.24, 2.45) is 0 Å². The van der Waals surface area contributed by atoms with Gasteiger partial charge in [-0.15, -0.1) is 0 Å². The van der Waals surface area contributed by atoms with Crippen LogP contribution in [-0.4, -0.2) is 43.5 Å². The third-order valence-corrected chi connectivity index (χ3v) is 3.99. The van der Waals surface area contributed by atoms with Crippen molar-refractivity contribution in [2.45, 2.75) is 13.8 Å². The minimum atomic E-state index is -0.240. The monoisotopic (exact) mass is 340 g/mol. The van der Waals surface area contributed by atoms with E-state index >= 15 is 0 Å². The molecule has 5 heteroatoms. The third kappa shape index (κ3) is 5.35. The number of carbonyl (C=O) groups excluding carboxylic acids is 2. The number of carbonyl (C=O) groups is 2. The first-order chi connectivity index (χ1) is 12.0. The van der Waals surface area contributed by atoms with Crippen LogP contribution in [0, 0.1) is 13.8 Å². The maximum Gasteiger partial charge on any atom is 0.251 e. The van der Waals surface area contributed by atoms with Crippen LogP contribution in [0.3, 0.4) is 0 Å². The fourth-order valence-electron chi connectivity index (χ4n) is 2.35. The molecule has 0 bridgehead atoms. The molecule has 132 valence electrons. The van der Waals surface area contributed by atoms with Crippen molar-refractivity contribution in [1.82, 2.24) is 10.2 Å². The Labute approximate surface area is 148 Å². The van der Waals surface area contributed by atoms with Crippen LogP contribution < -0.4 is 10.1 Å². The summed E-state index contributed by atoms with van der Waals surface area (Å²) in [5.41, 5.74) is 2.52. The van der Waals surface area contributed by atoms with Gasteiger partial charge in [0.1, 0.15) is 12.4 Å². The van der Waals surface area contributed by atoms with Gasteiger partial charge in [-0.2, -0.15) is 0 Å². The highest BCUT2D eigenvalue weighted by atomic mass is 16.5. The number of aryl methyl sites for hydroxylation is 2. The molecule has 0 unspecified atom stereocenters. The minimum Gasteiger partial charge on any atom is -0.491 e. The Morgan fingerprint density at radius 3 is 2.32 bits per heavy atom. The molecule has 2 rings (SSSR count). The van der Waals surface area contributed by atoms with Gasteiger partial charge in [-0.25, -0.2) is 0 Å². The number of ether oxygens (including phenoxy) is 1. The van der Waals surface area contributed by atoms with Crippen molar-refractivity contribution < 1.29 is 14.3 Å². The van der Waals surface area contributed by atoms with Crippen molar-refractivity contribution in [3.8, 4) is 5.75 Å². The molecule has 2 aromatic carbocycles. The van der Waals surface area contributed by atoms with Gasteiger partial charge in [-0.1, -0.05) is 36.4 Å². The van der Waals surface area contributed by atoms with E-state index in [4.69, 9.17) is 4.74 Å². The van der Waals surface area contributed by atoms with Gasteiger partial charge in [0.05, 0.1) is 13.1 Å². The normalized spacial score (nSPS) is 10.2. The number of nitrogens with zero attached hydrogens (tertiary/aromatic N) is 1. The van der Waals surface area contributed by atoms with Crippen molar-refractivity contribution in [3.63, 3.8) is 0 Å². The van der Waals surface area contributed by atoms with Gasteiger partial charge >= 0.3 is 0 Å². The topological polar surface area (TPSA) is 58.6 Å². The van der Waals surface area contributed by atoms with Crippen molar-refractivity contribution in [2.75, 3.05) is 26.7 Å². The molecule has 0 aliphatic carbocycles. The highest BCUT2D eigenvalue weighted by Gasteiger charge is 2.13. The zero-order valence-corrected chi connectivity index (χ0v) is 14.9. The van der Waals surface area contributed by atoms with Gasteiger partial charge in [0.25, 0.3) is 5.91 Å². The number of hydrogen-bond donors (Lipinski definition) is 1. The number of nitrogens with one attached hydrogen (secondary N) is 1. The molecule has 2 amide bonds. The zero-order valence-electron chi connectivity index (χ0n) is 14.9. The lowest BCUT2D eigenvalue weighted by atomic mass is 10.1. The maximum absolute atomic E-state index is 12.1. The van der Waals surface area contributed by atoms with E-state index in [0.717, 1.165) is 16.9 Å². The van der Waals surface area contributed by atoms with Crippen LogP contribution in [0.4, 0.5) is 0 Å². The smallest absolute Gasteiger partial charge is 0.251 e. The van der Waals surface area contributed by atoms with Crippen LogP contribution in [-0.2, 0) is 4.79 Å². The van der Waals surface area contributed by atoms with Crippen LogP contribution in [0.2, 0.25) is 0 Å². The molecule has 0 spiro atoms. The van der Waals surface area contributed by atoms with E-state index in [9.17, 15) is 9.59 Å². The average molecular weight is 340 g/mol. The minimum absolute atomic E-state index is 0.0337. The van der Waals surface area contributed by atoms with Gasteiger partial charge in [-0.3, -0.25) is 9.59 Å². The summed E-state index contributed by atoms with van der Waals surface area (Å²) in [7, 11) is 1.70. The van der Waals surface area contributed by atoms with Crippen LogP contribution >= 0.6 is 0 Å². The Kier molecular flexibility index (Phi) is 6.57. The fourth-order valence-corrected chi connectivity index (χ4v) is 2.35. The zero-order chi connectivity index (χ0) is 18.2. The van der Waals surface area contributed by atoms with Gasteiger partial charge in [0, 0.05) is 12.6 Å². The SMILES string of the molecule is Cc1ccccc1OCCN(C)C(=O)CNC(=O)c1ccccc1C. The van der Waals surface area contributed by atoms with Crippen LogP contribution in [0.1, 0.15) is 21.5 Å². The first-order valence-electron chi connectivity index (χ1n) is 8.25. The summed E-state index contributed by atoms with van der Waals surface area (Å²) in [6.45, 7) is 4.66. The molecule has 0 radical (unpaired) electrons. The van der Waals surface area contributed by atoms with E-state index in [1.165, 1.54) is 0 Å². The Balaban J connectivity index is 1.76. The van der Waals surface area contributed by atoms with E-state index in [1.807, 2.05) is 50.2 Å². The summed E-state index contributed by atoms with van der Waals surface area (Å²) in [6, 6.07) is 15.0. The summed E-state index contributed by atoms with van der Waals surface area (Å²) in [6.07, 6.45) is 0. The quantitative estimate of drug-likeness (QED) is 0.843. The van der Waals surface area contributed by atoms with E-state index < -0.39 is 0 Å². The fraction of sp³-hybridized carbons (Fsp3) is 0.300. The molecule has 0 saturated heterocycles. The average Bonchev–Trinajstić information content (AvgIpc) is 2.61. The Morgan fingerprint density at radius 2 is 1.64 bits per heavy atom. The second-order valence-electron chi connectivity index (χ2n) is 5.93. The number of para-hydroxylation sites is 1.